The Balaban J connectivity index is 2.89. The Hall–Kier alpha value is -1.69. The minimum Gasteiger partial charge on any atom is -0.462 e. The molecule has 0 saturated carbocycles. The van der Waals surface area contributed by atoms with Gasteiger partial charge in [0.2, 0.25) is 5.95 Å². The molecule has 17 heavy (non-hydrogen) atoms. The molecule has 1 aromatic heterocycles. The zero-order valence-electron chi connectivity index (χ0n) is 10.4. The first kappa shape index (κ1) is 13.4. The van der Waals surface area contributed by atoms with Crippen molar-refractivity contribution >= 4 is 11.9 Å². The number of aryl methyl sites for hydroxylation is 1. The van der Waals surface area contributed by atoms with Crippen molar-refractivity contribution in [1.29, 1.82) is 0 Å². The lowest BCUT2D eigenvalue weighted by molar-refractivity contribution is 0.0524. The van der Waals surface area contributed by atoms with Crippen LogP contribution in [0.3, 0.4) is 0 Å². The molecule has 0 aliphatic heterocycles. The lowest BCUT2D eigenvalue weighted by Gasteiger charge is -2.16. The van der Waals surface area contributed by atoms with Gasteiger partial charge in [-0.3, -0.25) is 0 Å². The summed E-state index contributed by atoms with van der Waals surface area (Å²) in [4.78, 5) is 21.7. The molecular weight excluding hydrogens is 220 g/mol. The molecule has 6 heteroatoms. The van der Waals surface area contributed by atoms with Crippen LogP contribution in [0.25, 0.3) is 0 Å². The number of anilines is 1. The Kier molecular flexibility index (Phi) is 4.84. The fourth-order valence-corrected chi connectivity index (χ4v) is 1.34. The Bertz CT molecular complexity index is 395. The minimum atomic E-state index is -0.391. The van der Waals surface area contributed by atoms with Crippen LogP contribution in [0.4, 0.5) is 5.95 Å². The van der Waals surface area contributed by atoms with Crippen molar-refractivity contribution in [3.63, 3.8) is 0 Å². The Labute approximate surface area is 101 Å². The summed E-state index contributed by atoms with van der Waals surface area (Å²) in [6, 6.07) is 0. The second-order valence-electron chi connectivity index (χ2n) is 3.60. The van der Waals surface area contributed by atoms with E-state index in [9.17, 15) is 4.79 Å². The number of ether oxygens (including phenoxy) is 1. The molecule has 0 aliphatic carbocycles. The molecule has 0 aromatic carbocycles. The monoisotopic (exact) mass is 238 g/mol. The summed E-state index contributed by atoms with van der Waals surface area (Å²) in [7, 11) is 1.85. The molecular formula is C11H18N4O2. The molecule has 1 heterocycles. The number of aromatic nitrogens is 2. The molecule has 0 fully saturated rings. The number of rotatable bonds is 5. The molecule has 2 N–H and O–H groups in total. The number of hydrogen-bond donors (Lipinski definition) is 1. The number of carbonyl (C=O) groups excluding carboxylic acids is 1. The summed E-state index contributed by atoms with van der Waals surface area (Å²) in [5.74, 6) is 0.166. The van der Waals surface area contributed by atoms with Gasteiger partial charge in [-0.2, -0.15) is 0 Å². The van der Waals surface area contributed by atoms with E-state index in [-0.39, 0.29) is 0 Å². The topological polar surface area (TPSA) is 81.3 Å². The van der Waals surface area contributed by atoms with E-state index >= 15 is 0 Å². The SMILES string of the molecule is CCOC(=O)c1cnc(N(C)CCN)nc1C. The largest absolute Gasteiger partial charge is 0.462 e. The number of nitrogens with two attached hydrogens (primary N) is 1. The van der Waals surface area contributed by atoms with Crippen LogP contribution in [-0.4, -0.2) is 42.7 Å². The van der Waals surface area contributed by atoms with Crippen molar-refractivity contribution in [2.45, 2.75) is 13.8 Å². The van der Waals surface area contributed by atoms with Crippen LogP contribution in [-0.2, 0) is 4.74 Å². The molecule has 94 valence electrons. The standard InChI is InChI=1S/C11H18N4O2/c1-4-17-10(16)9-7-13-11(14-8(9)2)15(3)6-5-12/h7H,4-6,12H2,1-3H3. The highest BCUT2D eigenvalue weighted by Gasteiger charge is 2.13. The number of carbonyl (C=O) groups is 1. The Morgan fingerprint density at radius 1 is 1.59 bits per heavy atom. The fourth-order valence-electron chi connectivity index (χ4n) is 1.34. The summed E-state index contributed by atoms with van der Waals surface area (Å²) in [5.41, 5.74) is 6.46. The van der Waals surface area contributed by atoms with Gasteiger partial charge in [0, 0.05) is 26.3 Å². The maximum atomic E-state index is 11.5. The van der Waals surface area contributed by atoms with Crippen LogP contribution in [0, 0.1) is 6.92 Å². The van der Waals surface area contributed by atoms with Crippen LogP contribution in [0.15, 0.2) is 6.20 Å². The van der Waals surface area contributed by atoms with Gasteiger partial charge in [-0.25, -0.2) is 14.8 Å². The van der Waals surface area contributed by atoms with Gasteiger partial charge in [-0.1, -0.05) is 0 Å². The van der Waals surface area contributed by atoms with E-state index in [0.29, 0.717) is 36.9 Å². The fraction of sp³-hybridized carbons (Fsp3) is 0.545. The predicted octanol–water partition coefficient (Wildman–Crippen LogP) is 0.357. The van der Waals surface area contributed by atoms with Gasteiger partial charge in [0.1, 0.15) is 0 Å². The maximum Gasteiger partial charge on any atom is 0.341 e. The first-order valence-corrected chi connectivity index (χ1v) is 5.52. The van der Waals surface area contributed by atoms with Gasteiger partial charge < -0.3 is 15.4 Å². The summed E-state index contributed by atoms with van der Waals surface area (Å²) >= 11 is 0. The van der Waals surface area contributed by atoms with Crippen LogP contribution in [0.5, 0.6) is 0 Å². The van der Waals surface area contributed by atoms with Crippen molar-refractivity contribution < 1.29 is 9.53 Å². The highest BCUT2D eigenvalue weighted by atomic mass is 16.5. The van der Waals surface area contributed by atoms with Crippen LogP contribution in [0.2, 0.25) is 0 Å². The summed E-state index contributed by atoms with van der Waals surface area (Å²) in [6.07, 6.45) is 1.49. The van der Waals surface area contributed by atoms with E-state index in [0.717, 1.165) is 0 Å². The normalized spacial score (nSPS) is 10.1. The summed E-state index contributed by atoms with van der Waals surface area (Å²) in [5, 5.41) is 0. The highest BCUT2D eigenvalue weighted by molar-refractivity contribution is 5.90. The Morgan fingerprint density at radius 3 is 2.82 bits per heavy atom. The smallest absolute Gasteiger partial charge is 0.341 e. The van der Waals surface area contributed by atoms with E-state index < -0.39 is 5.97 Å². The minimum absolute atomic E-state index is 0.340. The number of likely N-dealkylation sites (N-methyl/N-ethyl adjacent to an activating group) is 1. The third kappa shape index (κ3) is 3.39. The first-order valence-electron chi connectivity index (χ1n) is 5.52. The van der Waals surface area contributed by atoms with Crippen LogP contribution < -0.4 is 10.6 Å². The van der Waals surface area contributed by atoms with E-state index in [1.807, 2.05) is 11.9 Å². The van der Waals surface area contributed by atoms with E-state index in [1.54, 1.807) is 13.8 Å². The summed E-state index contributed by atoms with van der Waals surface area (Å²) in [6.45, 7) is 5.05. The quantitative estimate of drug-likeness (QED) is 0.746. The van der Waals surface area contributed by atoms with Crippen LogP contribution >= 0.6 is 0 Å². The second-order valence-corrected chi connectivity index (χ2v) is 3.60. The van der Waals surface area contributed by atoms with Gasteiger partial charge in [-0.05, 0) is 13.8 Å². The molecule has 1 aromatic rings. The average molecular weight is 238 g/mol. The van der Waals surface area contributed by atoms with Gasteiger partial charge in [0.25, 0.3) is 0 Å². The molecule has 6 nitrogen and oxygen atoms in total. The lowest BCUT2D eigenvalue weighted by Crippen LogP contribution is -2.27. The van der Waals surface area contributed by atoms with Gasteiger partial charge in [0.15, 0.2) is 0 Å². The van der Waals surface area contributed by atoms with E-state index in [1.165, 1.54) is 6.20 Å². The van der Waals surface area contributed by atoms with Crippen molar-refractivity contribution in [3.8, 4) is 0 Å². The van der Waals surface area contributed by atoms with Gasteiger partial charge in [-0.15, -0.1) is 0 Å². The first-order chi connectivity index (χ1) is 8.10. The Morgan fingerprint density at radius 2 is 2.29 bits per heavy atom. The molecule has 0 unspecified atom stereocenters. The molecule has 0 amide bonds. The molecule has 1 rings (SSSR count). The van der Waals surface area contributed by atoms with E-state index in [2.05, 4.69) is 9.97 Å². The van der Waals surface area contributed by atoms with Crippen molar-refractivity contribution in [2.75, 3.05) is 31.6 Å². The third-order valence-corrected chi connectivity index (χ3v) is 2.27. The van der Waals surface area contributed by atoms with Crippen molar-refractivity contribution in [2.24, 2.45) is 5.73 Å². The predicted molar refractivity (Wildman–Crippen MR) is 65.0 cm³/mol. The highest BCUT2D eigenvalue weighted by Crippen LogP contribution is 2.10. The zero-order chi connectivity index (χ0) is 12.8. The molecule has 0 bridgehead atoms. The van der Waals surface area contributed by atoms with Crippen LogP contribution in [0.1, 0.15) is 23.0 Å². The van der Waals surface area contributed by atoms with Gasteiger partial charge >= 0.3 is 5.97 Å². The zero-order valence-corrected chi connectivity index (χ0v) is 10.4. The van der Waals surface area contributed by atoms with E-state index in [4.69, 9.17) is 10.5 Å². The summed E-state index contributed by atoms with van der Waals surface area (Å²) < 4.78 is 4.90. The third-order valence-electron chi connectivity index (χ3n) is 2.27. The molecule has 0 spiro atoms. The molecule has 0 atom stereocenters. The van der Waals surface area contributed by atoms with Gasteiger partial charge in [0.05, 0.1) is 17.9 Å². The maximum absolute atomic E-state index is 11.5. The number of hydrogen-bond acceptors (Lipinski definition) is 6. The number of esters is 1. The molecule has 0 radical (unpaired) electrons. The molecule has 0 aliphatic rings. The second kappa shape index (κ2) is 6.15. The van der Waals surface area contributed by atoms with Crippen molar-refractivity contribution in [1.82, 2.24) is 9.97 Å². The number of nitrogens with zero attached hydrogens (tertiary/aromatic N) is 3. The lowest BCUT2D eigenvalue weighted by atomic mass is 10.2. The molecule has 0 saturated heterocycles. The van der Waals surface area contributed by atoms with Crippen molar-refractivity contribution in [3.05, 3.63) is 17.5 Å². The average Bonchev–Trinajstić information content (AvgIpc) is 2.29.